The summed E-state index contributed by atoms with van der Waals surface area (Å²) in [6.45, 7) is 10.5. The average Bonchev–Trinajstić information content (AvgIpc) is 2.78. The lowest BCUT2D eigenvalue weighted by Gasteiger charge is -2.19. The van der Waals surface area contributed by atoms with Crippen molar-refractivity contribution >= 4 is 16.8 Å². The first-order valence-corrected chi connectivity index (χ1v) is 11.1. The number of aryl methyl sites for hydroxylation is 2. The van der Waals surface area contributed by atoms with Gasteiger partial charge in [0.15, 0.2) is 0 Å². The molecule has 33 heavy (non-hydrogen) atoms. The molecule has 1 N–H and O–H groups in total. The van der Waals surface area contributed by atoms with Gasteiger partial charge in [-0.1, -0.05) is 62.7 Å². The fourth-order valence-electron chi connectivity index (χ4n) is 3.98. The molecule has 0 aliphatic heterocycles. The fraction of sp³-hybridized carbons (Fsp3) is 0.250. The molecule has 3 aromatic carbocycles. The summed E-state index contributed by atoms with van der Waals surface area (Å²) in [4.78, 5) is 31.0. The quantitative estimate of drug-likeness (QED) is 0.474. The van der Waals surface area contributed by atoms with Crippen LogP contribution in [-0.4, -0.2) is 15.5 Å². The number of aromatic nitrogens is 2. The monoisotopic (exact) mass is 439 g/mol. The number of carbonyl (C=O) groups is 1. The van der Waals surface area contributed by atoms with Crippen LogP contribution in [0, 0.1) is 13.8 Å². The predicted molar refractivity (Wildman–Crippen MR) is 133 cm³/mol. The molecule has 0 unspecified atom stereocenters. The Morgan fingerprint density at radius 3 is 2.33 bits per heavy atom. The number of hydrogen-bond donors (Lipinski definition) is 1. The van der Waals surface area contributed by atoms with E-state index in [0.717, 1.165) is 16.8 Å². The van der Waals surface area contributed by atoms with Gasteiger partial charge in [0.05, 0.1) is 23.1 Å². The fourth-order valence-corrected chi connectivity index (χ4v) is 3.98. The highest BCUT2D eigenvalue weighted by Gasteiger charge is 2.17. The Bertz CT molecular complexity index is 1390. The van der Waals surface area contributed by atoms with Crippen molar-refractivity contribution in [3.05, 3.63) is 105 Å². The van der Waals surface area contributed by atoms with Crippen molar-refractivity contribution < 1.29 is 4.79 Å². The third-order valence-corrected chi connectivity index (χ3v) is 5.86. The van der Waals surface area contributed by atoms with E-state index in [9.17, 15) is 9.59 Å². The van der Waals surface area contributed by atoms with Crippen molar-refractivity contribution in [1.29, 1.82) is 0 Å². The first-order valence-electron chi connectivity index (χ1n) is 11.1. The molecule has 4 aromatic rings. The highest BCUT2D eigenvalue weighted by Crippen LogP contribution is 2.22. The van der Waals surface area contributed by atoms with E-state index in [1.807, 2.05) is 74.5 Å². The zero-order valence-corrected chi connectivity index (χ0v) is 19.8. The van der Waals surface area contributed by atoms with Gasteiger partial charge < -0.3 is 5.32 Å². The Balaban J connectivity index is 1.71. The summed E-state index contributed by atoms with van der Waals surface area (Å²) in [6, 6.07) is 20.9. The van der Waals surface area contributed by atoms with E-state index >= 15 is 0 Å². The van der Waals surface area contributed by atoms with Crippen molar-refractivity contribution in [3.63, 3.8) is 0 Å². The number of fused-ring (bicyclic) bond motifs is 1. The average molecular weight is 440 g/mol. The molecule has 5 nitrogen and oxygen atoms in total. The molecule has 1 aromatic heterocycles. The van der Waals surface area contributed by atoms with Crippen LogP contribution in [-0.2, 0) is 12.0 Å². The molecule has 1 heterocycles. The van der Waals surface area contributed by atoms with E-state index in [4.69, 9.17) is 4.98 Å². The maximum absolute atomic E-state index is 13.4. The van der Waals surface area contributed by atoms with E-state index in [1.54, 1.807) is 10.6 Å². The minimum Gasteiger partial charge on any atom is -0.345 e. The lowest BCUT2D eigenvalue weighted by molar-refractivity contribution is 0.0949. The third kappa shape index (κ3) is 4.58. The Kier molecular flexibility index (Phi) is 5.90. The second-order valence-corrected chi connectivity index (χ2v) is 9.49. The zero-order chi connectivity index (χ0) is 23.8. The van der Waals surface area contributed by atoms with Gasteiger partial charge in [-0.05, 0) is 60.7 Å². The van der Waals surface area contributed by atoms with Gasteiger partial charge in [-0.2, -0.15) is 0 Å². The molecule has 0 fully saturated rings. The van der Waals surface area contributed by atoms with Crippen molar-refractivity contribution in [3.8, 4) is 5.69 Å². The predicted octanol–water partition coefficient (Wildman–Crippen LogP) is 5.23. The molecule has 5 heteroatoms. The first kappa shape index (κ1) is 22.5. The highest BCUT2D eigenvalue weighted by molar-refractivity contribution is 5.94. The molecule has 0 aliphatic rings. The van der Waals surface area contributed by atoms with Crippen LogP contribution in [0.25, 0.3) is 16.6 Å². The minimum absolute atomic E-state index is 0.0198. The number of nitrogens with one attached hydrogen (secondary N) is 1. The number of para-hydroxylation sites is 1. The van der Waals surface area contributed by atoms with Crippen LogP contribution in [0.3, 0.4) is 0 Å². The Labute approximate surface area is 194 Å². The second kappa shape index (κ2) is 8.66. The molecule has 168 valence electrons. The van der Waals surface area contributed by atoms with Crippen LogP contribution in [0.5, 0.6) is 0 Å². The summed E-state index contributed by atoms with van der Waals surface area (Å²) in [5.74, 6) is 0.287. The maximum Gasteiger partial charge on any atom is 0.266 e. The third-order valence-electron chi connectivity index (χ3n) is 5.86. The molecular formula is C28H29N3O2. The molecule has 0 radical (unpaired) electrons. The Morgan fingerprint density at radius 1 is 0.970 bits per heavy atom. The van der Waals surface area contributed by atoms with E-state index in [1.165, 1.54) is 5.56 Å². The molecule has 0 bridgehead atoms. The number of amides is 1. The number of nitrogens with zero attached hydrogens (tertiary/aromatic N) is 2. The molecular weight excluding hydrogens is 410 g/mol. The smallest absolute Gasteiger partial charge is 0.266 e. The van der Waals surface area contributed by atoms with Gasteiger partial charge in [0.1, 0.15) is 5.82 Å². The van der Waals surface area contributed by atoms with Gasteiger partial charge in [-0.3, -0.25) is 14.2 Å². The number of rotatable bonds is 4. The van der Waals surface area contributed by atoms with Crippen LogP contribution in [0.1, 0.15) is 53.6 Å². The lowest BCUT2D eigenvalue weighted by Crippen LogP contribution is -2.30. The van der Waals surface area contributed by atoms with Gasteiger partial charge in [-0.25, -0.2) is 4.98 Å². The maximum atomic E-state index is 13.4. The summed E-state index contributed by atoms with van der Waals surface area (Å²) in [5, 5.41) is 3.49. The molecule has 0 atom stereocenters. The van der Waals surface area contributed by atoms with Gasteiger partial charge in [0.25, 0.3) is 11.5 Å². The lowest BCUT2D eigenvalue weighted by atomic mass is 9.87. The van der Waals surface area contributed by atoms with Gasteiger partial charge in [-0.15, -0.1) is 0 Å². The van der Waals surface area contributed by atoms with Crippen molar-refractivity contribution in [2.24, 2.45) is 0 Å². The first-order chi connectivity index (χ1) is 15.6. The van der Waals surface area contributed by atoms with E-state index in [0.29, 0.717) is 22.3 Å². The van der Waals surface area contributed by atoms with E-state index < -0.39 is 0 Å². The zero-order valence-electron chi connectivity index (χ0n) is 19.8. The molecule has 0 aliphatic carbocycles. The number of benzene rings is 3. The molecule has 4 rings (SSSR count). The van der Waals surface area contributed by atoms with Gasteiger partial charge in [0, 0.05) is 5.56 Å². The van der Waals surface area contributed by atoms with E-state index in [-0.39, 0.29) is 23.4 Å². The van der Waals surface area contributed by atoms with Gasteiger partial charge >= 0.3 is 0 Å². The van der Waals surface area contributed by atoms with Crippen molar-refractivity contribution in [2.45, 2.75) is 46.6 Å². The van der Waals surface area contributed by atoms with E-state index in [2.05, 4.69) is 26.1 Å². The highest BCUT2D eigenvalue weighted by atomic mass is 16.1. The van der Waals surface area contributed by atoms with Crippen LogP contribution in [0.4, 0.5) is 0 Å². The van der Waals surface area contributed by atoms with Crippen LogP contribution in [0.2, 0.25) is 0 Å². The summed E-state index contributed by atoms with van der Waals surface area (Å²) in [5.41, 5.74) is 5.08. The molecule has 1 amide bonds. The Hall–Kier alpha value is -3.73. The summed E-state index contributed by atoms with van der Waals surface area (Å²) in [7, 11) is 0. The normalized spacial score (nSPS) is 11.5. The standard InChI is InChI=1S/C28H29N3O2/c1-18-10-15-24(19(2)16-18)31-25(30-23-9-7-6-8-22(23)27(31)33)17-29-26(32)20-11-13-21(14-12-20)28(3,4)5/h6-16H,17H2,1-5H3,(H,29,32). The largest absolute Gasteiger partial charge is 0.345 e. The molecule has 0 spiro atoms. The molecule has 0 saturated carbocycles. The van der Waals surface area contributed by atoms with Crippen molar-refractivity contribution in [1.82, 2.24) is 14.9 Å². The number of hydrogen-bond acceptors (Lipinski definition) is 3. The minimum atomic E-state index is -0.204. The van der Waals surface area contributed by atoms with Crippen molar-refractivity contribution in [2.75, 3.05) is 0 Å². The topological polar surface area (TPSA) is 64.0 Å². The summed E-state index contributed by atoms with van der Waals surface area (Å²) < 4.78 is 1.61. The second-order valence-electron chi connectivity index (χ2n) is 9.49. The Morgan fingerprint density at radius 2 is 1.67 bits per heavy atom. The van der Waals surface area contributed by atoms with Gasteiger partial charge in [0.2, 0.25) is 0 Å². The van der Waals surface area contributed by atoms with Crippen LogP contribution >= 0.6 is 0 Å². The number of carbonyl (C=O) groups excluding carboxylic acids is 1. The summed E-state index contributed by atoms with van der Waals surface area (Å²) >= 11 is 0. The van der Waals surface area contributed by atoms with Crippen LogP contribution in [0.15, 0.2) is 71.5 Å². The summed E-state index contributed by atoms with van der Waals surface area (Å²) in [6.07, 6.45) is 0. The van der Waals surface area contributed by atoms with Crippen LogP contribution < -0.4 is 10.9 Å². The SMILES string of the molecule is Cc1ccc(-n2c(CNC(=O)c3ccc(C(C)(C)C)cc3)nc3ccccc3c2=O)c(C)c1. The molecule has 0 saturated heterocycles.